The number of benzene rings is 1. The highest BCUT2D eigenvalue weighted by Crippen LogP contribution is 2.27. The molecule has 0 radical (unpaired) electrons. The lowest BCUT2D eigenvalue weighted by Crippen LogP contribution is -2.48. The summed E-state index contributed by atoms with van der Waals surface area (Å²) in [4.78, 5) is 21.5. The first-order valence-corrected chi connectivity index (χ1v) is 8.33. The Morgan fingerprint density at radius 3 is 2.60 bits per heavy atom. The summed E-state index contributed by atoms with van der Waals surface area (Å²) < 4.78 is 20.1. The molecule has 0 bridgehead atoms. The number of rotatable bonds is 5. The van der Waals surface area contributed by atoms with Gasteiger partial charge in [-0.25, -0.2) is 9.37 Å². The number of halogens is 1. The maximum atomic E-state index is 13.3. The number of ether oxygens (including phenoxy) is 1. The smallest absolute Gasteiger partial charge is 0.259 e. The number of aryl methyl sites for hydroxylation is 1. The first-order valence-electron chi connectivity index (χ1n) is 8.33. The lowest BCUT2D eigenvalue weighted by atomic mass is 10.2. The minimum absolute atomic E-state index is 0.0361. The first kappa shape index (κ1) is 17.6. The molecular formula is C18H23FN4O2. The standard InChI is InChI=1S/C18H23FN4O2/c1-13-14(2)20-18-22(16-7-5-15(19)6-8-16)11-21(9-4-10-25-3)12-23(18)17(13)24/h5-8H,4,9-12H2,1-3H3. The van der Waals surface area contributed by atoms with Crippen LogP contribution in [0.25, 0.3) is 0 Å². The van der Waals surface area contributed by atoms with E-state index in [-0.39, 0.29) is 11.4 Å². The monoisotopic (exact) mass is 346 g/mol. The molecule has 0 fully saturated rings. The second-order valence-corrected chi connectivity index (χ2v) is 6.28. The van der Waals surface area contributed by atoms with E-state index < -0.39 is 0 Å². The van der Waals surface area contributed by atoms with E-state index in [1.807, 2.05) is 11.8 Å². The fourth-order valence-electron chi connectivity index (χ4n) is 2.98. The zero-order chi connectivity index (χ0) is 18.0. The third-order valence-electron chi connectivity index (χ3n) is 4.50. The molecule has 3 rings (SSSR count). The molecule has 7 heteroatoms. The number of aromatic nitrogens is 2. The molecule has 25 heavy (non-hydrogen) atoms. The van der Waals surface area contributed by atoms with Crippen LogP contribution in [0.5, 0.6) is 0 Å². The Morgan fingerprint density at radius 1 is 1.20 bits per heavy atom. The summed E-state index contributed by atoms with van der Waals surface area (Å²) >= 11 is 0. The highest BCUT2D eigenvalue weighted by molar-refractivity contribution is 5.58. The zero-order valence-corrected chi connectivity index (χ0v) is 14.8. The number of methoxy groups -OCH3 is 1. The molecule has 0 saturated heterocycles. The highest BCUT2D eigenvalue weighted by atomic mass is 19.1. The summed E-state index contributed by atoms with van der Waals surface area (Å²) in [6.45, 7) is 6.17. The van der Waals surface area contributed by atoms with Crippen LogP contribution in [0.3, 0.4) is 0 Å². The number of anilines is 2. The Morgan fingerprint density at radius 2 is 1.92 bits per heavy atom. The van der Waals surface area contributed by atoms with Gasteiger partial charge in [-0.15, -0.1) is 0 Å². The molecule has 0 saturated carbocycles. The summed E-state index contributed by atoms with van der Waals surface area (Å²) in [5.74, 6) is 0.311. The van der Waals surface area contributed by atoms with Gasteiger partial charge >= 0.3 is 0 Å². The minimum Gasteiger partial charge on any atom is -0.385 e. The molecule has 6 nitrogen and oxygen atoms in total. The van der Waals surface area contributed by atoms with E-state index in [1.165, 1.54) is 12.1 Å². The van der Waals surface area contributed by atoms with Gasteiger partial charge in [-0.3, -0.25) is 19.2 Å². The Hall–Kier alpha value is -2.25. The van der Waals surface area contributed by atoms with Crippen molar-refractivity contribution >= 4 is 11.6 Å². The van der Waals surface area contributed by atoms with Gasteiger partial charge in [-0.2, -0.15) is 0 Å². The van der Waals surface area contributed by atoms with Gasteiger partial charge < -0.3 is 4.74 Å². The molecule has 0 aliphatic carbocycles. The third-order valence-corrected chi connectivity index (χ3v) is 4.50. The van der Waals surface area contributed by atoms with Crippen LogP contribution in [0.15, 0.2) is 29.1 Å². The highest BCUT2D eigenvalue weighted by Gasteiger charge is 2.26. The lowest BCUT2D eigenvalue weighted by Gasteiger charge is -2.38. The predicted octanol–water partition coefficient (Wildman–Crippen LogP) is 2.40. The second kappa shape index (κ2) is 7.33. The van der Waals surface area contributed by atoms with E-state index >= 15 is 0 Å². The molecule has 0 N–H and O–H groups in total. The van der Waals surface area contributed by atoms with Crippen LogP contribution in [0.2, 0.25) is 0 Å². The first-order chi connectivity index (χ1) is 12.0. The van der Waals surface area contributed by atoms with Gasteiger partial charge in [0.2, 0.25) is 5.95 Å². The number of fused-ring (bicyclic) bond motifs is 1. The second-order valence-electron chi connectivity index (χ2n) is 6.28. The quantitative estimate of drug-likeness (QED) is 0.778. The Labute approximate surface area is 146 Å². The molecule has 0 atom stereocenters. The Balaban J connectivity index is 2.01. The van der Waals surface area contributed by atoms with Crippen molar-refractivity contribution in [2.24, 2.45) is 0 Å². The van der Waals surface area contributed by atoms with Gasteiger partial charge in [-0.1, -0.05) is 0 Å². The molecule has 1 aromatic carbocycles. The minimum atomic E-state index is -0.289. The van der Waals surface area contributed by atoms with Crippen molar-refractivity contribution in [3.05, 3.63) is 51.7 Å². The fourth-order valence-corrected chi connectivity index (χ4v) is 2.98. The molecule has 2 aromatic rings. The Kier molecular flexibility index (Phi) is 5.15. The molecule has 0 unspecified atom stereocenters. The number of nitrogens with zero attached hydrogens (tertiary/aromatic N) is 4. The van der Waals surface area contributed by atoms with E-state index in [0.717, 1.165) is 24.3 Å². The maximum Gasteiger partial charge on any atom is 0.259 e. The van der Waals surface area contributed by atoms with Crippen LogP contribution in [0.4, 0.5) is 16.0 Å². The fraction of sp³-hybridized carbons (Fsp3) is 0.444. The van der Waals surface area contributed by atoms with E-state index in [2.05, 4.69) is 9.88 Å². The van der Waals surface area contributed by atoms with E-state index in [9.17, 15) is 9.18 Å². The van der Waals surface area contributed by atoms with Crippen molar-refractivity contribution in [2.45, 2.75) is 26.9 Å². The summed E-state index contributed by atoms with van der Waals surface area (Å²) in [7, 11) is 1.68. The Bertz CT molecular complexity index is 804. The van der Waals surface area contributed by atoms with E-state index in [1.54, 1.807) is 30.7 Å². The zero-order valence-electron chi connectivity index (χ0n) is 14.8. The molecule has 0 spiro atoms. The summed E-state index contributed by atoms with van der Waals surface area (Å²) in [5.41, 5.74) is 2.14. The van der Waals surface area contributed by atoms with Gasteiger partial charge in [0.1, 0.15) is 5.82 Å². The normalized spacial score (nSPS) is 14.6. The SMILES string of the molecule is COCCCN1CN(c2ccc(F)cc2)c2nc(C)c(C)c(=O)n2C1. The molecule has 1 aliphatic rings. The van der Waals surface area contributed by atoms with Gasteiger partial charge in [0.25, 0.3) is 5.56 Å². The number of hydrogen-bond acceptors (Lipinski definition) is 5. The van der Waals surface area contributed by atoms with Gasteiger partial charge in [-0.05, 0) is 44.5 Å². The van der Waals surface area contributed by atoms with Crippen molar-refractivity contribution in [2.75, 3.05) is 31.8 Å². The van der Waals surface area contributed by atoms with E-state index in [0.29, 0.717) is 31.5 Å². The van der Waals surface area contributed by atoms with Crippen LogP contribution in [-0.2, 0) is 11.4 Å². The topological polar surface area (TPSA) is 50.6 Å². The average Bonchev–Trinajstić information content (AvgIpc) is 2.61. The average molecular weight is 346 g/mol. The van der Waals surface area contributed by atoms with Crippen molar-refractivity contribution in [3.63, 3.8) is 0 Å². The van der Waals surface area contributed by atoms with Gasteiger partial charge in [0.05, 0.1) is 13.3 Å². The molecule has 1 aliphatic heterocycles. The molecule has 0 amide bonds. The van der Waals surface area contributed by atoms with Crippen molar-refractivity contribution in [1.29, 1.82) is 0 Å². The van der Waals surface area contributed by atoms with Crippen LogP contribution in [0, 0.1) is 19.7 Å². The van der Waals surface area contributed by atoms with Crippen LogP contribution < -0.4 is 10.5 Å². The van der Waals surface area contributed by atoms with Crippen LogP contribution in [-0.4, -0.2) is 41.4 Å². The maximum absolute atomic E-state index is 13.3. The van der Waals surface area contributed by atoms with Crippen molar-refractivity contribution in [3.8, 4) is 0 Å². The lowest BCUT2D eigenvalue weighted by molar-refractivity contribution is 0.150. The van der Waals surface area contributed by atoms with Gasteiger partial charge in [0, 0.05) is 37.2 Å². The molecule has 1 aromatic heterocycles. The third kappa shape index (κ3) is 3.57. The van der Waals surface area contributed by atoms with E-state index in [4.69, 9.17) is 4.74 Å². The van der Waals surface area contributed by atoms with Crippen molar-refractivity contribution in [1.82, 2.24) is 14.5 Å². The van der Waals surface area contributed by atoms with Crippen molar-refractivity contribution < 1.29 is 9.13 Å². The largest absolute Gasteiger partial charge is 0.385 e. The summed E-state index contributed by atoms with van der Waals surface area (Å²) in [6, 6.07) is 6.25. The molecule has 134 valence electrons. The molecule has 2 heterocycles. The van der Waals surface area contributed by atoms with Crippen LogP contribution >= 0.6 is 0 Å². The summed E-state index contributed by atoms with van der Waals surface area (Å²) in [5, 5.41) is 0. The van der Waals surface area contributed by atoms with Crippen LogP contribution in [0.1, 0.15) is 17.7 Å². The number of hydrogen-bond donors (Lipinski definition) is 0. The predicted molar refractivity (Wildman–Crippen MR) is 94.6 cm³/mol. The van der Waals surface area contributed by atoms with Gasteiger partial charge in [0.15, 0.2) is 0 Å². The molecular weight excluding hydrogens is 323 g/mol. The summed E-state index contributed by atoms with van der Waals surface area (Å²) in [6.07, 6.45) is 0.871.